The lowest BCUT2D eigenvalue weighted by atomic mass is 9.79. The zero-order valence-electron chi connectivity index (χ0n) is 8.35. The molecule has 1 aliphatic rings. The van der Waals surface area contributed by atoms with Crippen molar-refractivity contribution in [3.63, 3.8) is 0 Å². The SMILES string of the molecule is CCCC1CCC([C@@H](C)I)CC1. The smallest absolute Gasteiger partial charge is 0.0110 e. The Morgan fingerprint density at radius 2 is 1.83 bits per heavy atom. The zero-order valence-corrected chi connectivity index (χ0v) is 10.5. The van der Waals surface area contributed by atoms with Gasteiger partial charge in [0.1, 0.15) is 0 Å². The largest absolute Gasteiger partial charge is 0.0826 e. The molecule has 1 heteroatoms. The van der Waals surface area contributed by atoms with E-state index in [-0.39, 0.29) is 0 Å². The van der Waals surface area contributed by atoms with Gasteiger partial charge in [-0.1, -0.05) is 62.1 Å². The Morgan fingerprint density at radius 1 is 1.25 bits per heavy atom. The Balaban J connectivity index is 2.20. The quantitative estimate of drug-likeness (QED) is 0.530. The van der Waals surface area contributed by atoms with Crippen LogP contribution in [0.2, 0.25) is 0 Å². The molecule has 0 N–H and O–H groups in total. The maximum absolute atomic E-state index is 2.59. The Morgan fingerprint density at radius 3 is 2.25 bits per heavy atom. The highest BCUT2D eigenvalue weighted by Gasteiger charge is 2.22. The second kappa shape index (κ2) is 5.46. The fourth-order valence-corrected chi connectivity index (χ4v) is 3.06. The van der Waals surface area contributed by atoms with Gasteiger partial charge in [-0.25, -0.2) is 0 Å². The Hall–Kier alpha value is 0.730. The van der Waals surface area contributed by atoms with E-state index in [1.807, 2.05) is 0 Å². The van der Waals surface area contributed by atoms with E-state index in [0.29, 0.717) is 0 Å². The maximum Gasteiger partial charge on any atom is 0.0110 e. The molecule has 0 nitrogen and oxygen atoms in total. The molecule has 0 heterocycles. The van der Waals surface area contributed by atoms with Crippen molar-refractivity contribution >= 4 is 22.6 Å². The van der Waals surface area contributed by atoms with Gasteiger partial charge in [-0.3, -0.25) is 0 Å². The Bertz CT molecular complexity index is 112. The summed E-state index contributed by atoms with van der Waals surface area (Å²) < 4.78 is 0.894. The van der Waals surface area contributed by atoms with Crippen LogP contribution < -0.4 is 0 Å². The zero-order chi connectivity index (χ0) is 8.97. The second-order valence-corrected chi connectivity index (χ2v) is 6.21. The molecular weight excluding hydrogens is 259 g/mol. The Labute approximate surface area is 90.6 Å². The third-order valence-electron chi connectivity index (χ3n) is 3.24. The summed E-state index contributed by atoms with van der Waals surface area (Å²) in [6, 6.07) is 0. The molecule has 1 aliphatic carbocycles. The van der Waals surface area contributed by atoms with Crippen molar-refractivity contribution in [1.82, 2.24) is 0 Å². The van der Waals surface area contributed by atoms with Gasteiger partial charge in [-0.05, 0) is 24.7 Å². The van der Waals surface area contributed by atoms with E-state index >= 15 is 0 Å². The molecule has 12 heavy (non-hydrogen) atoms. The van der Waals surface area contributed by atoms with Crippen molar-refractivity contribution in [3.05, 3.63) is 0 Å². The first-order valence-corrected chi connectivity index (χ1v) is 6.62. The van der Waals surface area contributed by atoms with Crippen molar-refractivity contribution < 1.29 is 0 Å². The van der Waals surface area contributed by atoms with Crippen LogP contribution in [0.5, 0.6) is 0 Å². The van der Waals surface area contributed by atoms with E-state index in [1.54, 1.807) is 0 Å². The fourth-order valence-electron chi connectivity index (χ4n) is 2.34. The summed E-state index contributed by atoms with van der Waals surface area (Å²) in [5.74, 6) is 2.10. The molecular formula is C11H21I. The highest BCUT2D eigenvalue weighted by Crippen LogP contribution is 2.35. The van der Waals surface area contributed by atoms with Crippen LogP contribution in [0.4, 0.5) is 0 Å². The molecule has 0 aromatic heterocycles. The molecule has 0 aliphatic heterocycles. The van der Waals surface area contributed by atoms with Gasteiger partial charge in [0.25, 0.3) is 0 Å². The van der Waals surface area contributed by atoms with E-state index in [4.69, 9.17) is 0 Å². The summed E-state index contributed by atoms with van der Waals surface area (Å²) >= 11 is 2.59. The minimum Gasteiger partial charge on any atom is -0.0826 e. The molecule has 0 amide bonds. The molecule has 0 radical (unpaired) electrons. The fraction of sp³-hybridized carbons (Fsp3) is 1.00. The predicted octanol–water partition coefficient (Wildman–Crippen LogP) is 4.42. The number of halogens is 1. The lowest BCUT2D eigenvalue weighted by Crippen LogP contribution is -2.19. The van der Waals surface area contributed by atoms with E-state index < -0.39 is 0 Å². The summed E-state index contributed by atoms with van der Waals surface area (Å²) in [5.41, 5.74) is 0. The van der Waals surface area contributed by atoms with Crippen LogP contribution in [0.3, 0.4) is 0 Å². The van der Waals surface area contributed by atoms with Gasteiger partial charge in [-0.2, -0.15) is 0 Å². The number of rotatable bonds is 3. The maximum atomic E-state index is 2.59. The Kier molecular flexibility index (Phi) is 4.92. The second-order valence-electron chi connectivity index (χ2n) is 4.25. The van der Waals surface area contributed by atoms with Gasteiger partial charge in [-0.15, -0.1) is 0 Å². The molecule has 1 fully saturated rings. The topological polar surface area (TPSA) is 0 Å². The molecule has 0 aromatic carbocycles. The van der Waals surface area contributed by atoms with Crippen molar-refractivity contribution in [1.29, 1.82) is 0 Å². The summed E-state index contributed by atoms with van der Waals surface area (Å²) in [4.78, 5) is 0. The minimum atomic E-state index is 0.894. The molecule has 0 spiro atoms. The minimum absolute atomic E-state index is 0.894. The molecule has 1 atom stereocenters. The lowest BCUT2D eigenvalue weighted by Gasteiger charge is -2.29. The monoisotopic (exact) mass is 280 g/mol. The van der Waals surface area contributed by atoms with Crippen LogP contribution in [0, 0.1) is 11.8 Å². The van der Waals surface area contributed by atoms with Crippen molar-refractivity contribution in [2.75, 3.05) is 0 Å². The van der Waals surface area contributed by atoms with E-state index in [9.17, 15) is 0 Å². The van der Waals surface area contributed by atoms with E-state index in [2.05, 4.69) is 36.4 Å². The normalized spacial score (nSPS) is 33.2. The van der Waals surface area contributed by atoms with Crippen LogP contribution >= 0.6 is 22.6 Å². The third kappa shape index (κ3) is 3.23. The first-order valence-electron chi connectivity index (χ1n) is 5.38. The van der Waals surface area contributed by atoms with Crippen LogP contribution in [-0.4, -0.2) is 3.92 Å². The highest BCUT2D eigenvalue weighted by atomic mass is 127. The predicted molar refractivity (Wildman–Crippen MR) is 63.8 cm³/mol. The summed E-state index contributed by atoms with van der Waals surface area (Å²) in [7, 11) is 0. The third-order valence-corrected chi connectivity index (χ3v) is 4.25. The molecule has 1 rings (SSSR count). The number of alkyl halides is 1. The van der Waals surface area contributed by atoms with Crippen LogP contribution in [0.1, 0.15) is 52.4 Å². The average molecular weight is 280 g/mol. The molecule has 0 aromatic rings. The summed E-state index contributed by atoms with van der Waals surface area (Å²) in [6.45, 7) is 4.68. The van der Waals surface area contributed by atoms with Crippen molar-refractivity contribution in [2.24, 2.45) is 11.8 Å². The van der Waals surface area contributed by atoms with Gasteiger partial charge in [0.2, 0.25) is 0 Å². The average Bonchev–Trinajstić information content (AvgIpc) is 2.06. The standard InChI is InChI=1S/C11H21I/c1-3-4-10-5-7-11(8-6-10)9(2)12/h9-11H,3-8H2,1-2H3/t9-,10?,11?/m1/s1. The van der Waals surface area contributed by atoms with Gasteiger partial charge in [0, 0.05) is 3.92 Å². The van der Waals surface area contributed by atoms with Crippen molar-refractivity contribution in [2.45, 2.75) is 56.3 Å². The van der Waals surface area contributed by atoms with Crippen LogP contribution in [0.15, 0.2) is 0 Å². The van der Waals surface area contributed by atoms with Gasteiger partial charge >= 0.3 is 0 Å². The number of hydrogen-bond acceptors (Lipinski definition) is 0. The first-order chi connectivity index (χ1) is 5.74. The molecule has 1 saturated carbocycles. The van der Waals surface area contributed by atoms with E-state index in [0.717, 1.165) is 15.8 Å². The molecule has 0 bridgehead atoms. The van der Waals surface area contributed by atoms with Crippen LogP contribution in [-0.2, 0) is 0 Å². The van der Waals surface area contributed by atoms with Crippen molar-refractivity contribution in [3.8, 4) is 0 Å². The first kappa shape index (κ1) is 10.8. The summed E-state index contributed by atoms with van der Waals surface area (Å²) in [5, 5.41) is 0. The van der Waals surface area contributed by atoms with Gasteiger partial charge < -0.3 is 0 Å². The van der Waals surface area contributed by atoms with E-state index in [1.165, 1.54) is 38.5 Å². The van der Waals surface area contributed by atoms with Gasteiger partial charge in [0.05, 0.1) is 0 Å². The number of hydrogen-bond donors (Lipinski definition) is 0. The van der Waals surface area contributed by atoms with Crippen LogP contribution in [0.25, 0.3) is 0 Å². The van der Waals surface area contributed by atoms with Gasteiger partial charge in [0.15, 0.2) is 0 Å². The lowest BCUT2D eigenvalue weighted by molar-refractivity contribution is 0.265. The summed E-state index contributed by atoms with van der Waals surface area (Å²) in [6.07, 6.45) is 8.86. The molecule has 72 valence electrons. The highest BCUT2D eigenvalue weighted by molar-refractivity contribution is 14.1. The molecule has 0 saturated heterocycles. The molecule has 0 unspecified atom stereocenters.